The second-order valence-electron chi connectivity index (χ2n) is 8.29. The Hall–Kier alpha value is -2.79. The van der Waals surface area contributed by atoms with Crippen molar-refractivity contribution in [3.63, 3.8) is 0 Å². The van der Waals surface area contributed by atoms with Crippen LogP contribution in [0.25, 0.3) is 0 Å². The molecule has 2 rings (SSSR count). The first-order valence-electron chi connectivity index (χ1n) is 10.9. The van der Waals surface area contributed by atoms with Crippen molar-refractivity contribution in [1.82, 2.24) is 10.2 Å². The fourth-order valence-electron chi connectivity index (χ4n) is 3.36. The Morgan fingerprint density at radius 1 is 1.03 bits per heavy atom. The predicted molar refractivity (Wildman–Crippen MR) is 139 cm³/mol. The lowest BCUT2D eigenvalue weighted by atomic mass is 10.1. The number of ether oxygens (including phenoxy) is 2. The van der Waals surface area contributed by atoms with Crippen LogP contribution in [0.2, 0.25) is 0 Å². The highest BCUT2D eigenvalue weighted by molar-refractivity contribution is 9.10. The standard InChI is InChI=1S/C24H32BrN3O6S/c1-16(2)26-24(30)17(3)27(14-18-7-9-19(25)10-8-18)23(29)15-28(35(6,31)32)21-12-11-20(33-4)13-22(21)34-5/h7-13,16-17H,14-15H2,1-6H3,(H,26,30)/t17-/m1/s1. The normalized spacial score (nSPS) is 12.1. The number of nitrogens with one attached hydrogen (secondary N) is 1. The van der Waals surface area contributed by atoms with Crippen LogP contribution in [0.1, 0.15) is 26.3 Å². The average Bonchev–Trinajstić information content (AvgIpc) is 2.80. The van der Waals surface area contributed by atoms with Crippen molar-refractivity contribution >= 4 is 43.5 Å². The molecule has 0 aliphatic carbocycles. The Labute approximate surface area is 215 Å². The molecule has 2 amide bonds. The minimum atomic E-state index is -3.88. The molecule has 0 saturated carbocycles. The molecule has 0 unspecified atom stereocenters. The van der Waals surface area contributed by atoms with Gasteiger partial charge in [-0.1, -0.05) is 28.1 Å². The number of benzene rings is 2. The monoisotopic (exact) mass is 569 g/mol. The highest BCUT2D eigenvalue weighted by Crippen LogP contribution is 2.33. The van der Waals surface area contributed by atoms with E-state index < -0.39 is 28.5 Å². The van der Waals surface area contributed by atoms with Gasteiger partial charge in [0.15, 0.2) is 0 Å². The fraction of sp³-hybridized carbons (Fsp3) is 0.417. The van der Waals surface area contributed by atoms with Gasteiger partial charge in [-0.15, -0.1) is 0 Å². The number of carbonyl (C=O) groups excluding carboxylic acids is 2. The van der Waals surface area contributed by atoms with Gasteiger partial charge in [-0.25, -0.2) is 8.42 Å². The first kappa shape index (κ1) is 28.4. The Bertz CT molecular complexity index is 1140. The summed E-state index contributed by atoms with van der Waals surface area (Å²) in [4.78, 5) is 27.7. The van der Waals surface area contributed by atoms with E-state index in [0.717, 1.165) is 20.6 Å². The van der Waals surface area contributed by atoms with Crippen molar-refractivity contribution in [1.29, 1.82) is 0 Å². The molecule has 192 valence electrons. The van der Waals surface area contributed by atoms with Gasteiger partial charge in [0.05, 0.1) is 26.2 Å². The van der Waals surface area contributed by atoms with E-state index in [1.165, 1.54) is 31.3 Å². The molecule has 0 saturated heterocycles. The van der Waals surface area contributed by atoms with Crippen LogP contribution in [-0.4, -0.2) is 64.2 Å². The molecule has 2 aromatic carbocycles. The number of sulfonamides is 1. The van der Waals surface area contributed by atoms with Gasteiger partial charge >= 0.3 is 0 Å². The number of nitrogens with zero attached hydrogens (tertiary/aromatic N) is 2. The van der Waals surface area contributed by atoms with Crippen LogP contribution in [0.15, 0.2) is 46.9 Å². The molecule has 2 aromatic rings. The summed E-state index contributed by atoms with van der Waals surface area (Å²) in [5.74, 6) is -0.171. The third-order valence-electron chi connectivity index (χ3n) is 5.20. The van der Waals surface area contributed by atoms with E-state index in [1.54, 1.807) is 13.0 Å². The average molecular weight is 571 g/mol. The highest BCUT2D eigenvalue weighted by atomic mass is 79.9. The molecule has 1 N–H and O–H groups in total. The molecule has 0 aliphatic rings. The van der Waals surface area contributed by atoms with E-state index in [2.05, 4.69) is 21.2 Å². The number of amides is 2. The highest BCUT2D eigenvalue weighted by Gasteiger charge is 2.31. The van der Waals surface area contributed by atoms with Gasteiger partial charge in [0.2, 0.25) is 21.8 Å². The van der Waals surface area contributed by atoms with E-state index in [-0.39, 0.29) is 29.9 Å². The van der Waals surface area contributed by atoms with Gasteiger partial charge in [0.1, 0.15) is 24.1 Å². The topological polar surface area (TPSA) is 105 Å². The first-order valence-corrected chi connectivity index (χ1v) is 13.6. The summed E-state index contributed by atoms with van der Waals surface area (Å²) in [6.07, 6.45) is 1.01. The van der Waals surface area contributed by atoms with E-state index >= 15 is 0 Å². The number of carbonyl (C=O) groups is 2. The number of halogens is 1. The van der Waals surface area contributed by atoms with Crippen molar-refractivity contribution in [2.24, 2.45) is 0 Å². The lowest BCUT2D eigenvalue weighted by molar-refractivity contribution is -0.139. The second-order valence-corrected chi connectivity index (χ2v) is 11.1. The quantitative estimate of drug-likeness (QED) is 0.445. The number of rotatable bonds is 11. The molecule has 35 heavy (non-hydrogen) atoms. The molecule has 0 radical (unpaired) electrons. The van der Waals surface area contributed by atoms with Gasteiger partial charge in [-0.2, -0.15) is 0 Å². The molecule has 0 spiro atoms. The maximum absolute atomic E-state index is 13.6. The Morgan fingerprint density at radius 3 is 2.17 bits per heavy atom. The minimum Gasteiger partial charge on any atom is -0.497 e. The molecule has 11 heteroatoms. The lowest BCUT2D eigenvalue weighted by Gasteiger charge is -2.32. The predicted octanol–water partition coefficient (Wildman–Crippen LogP) is 3.17. The number of anilines is 1. The molecule has 0 heterocycles. The SMILES string of the molecule is COc1ccc(N(CC(=O)N(Cc2ccc(Br)cc2)[C@H](C)C(=O)NC(C)C)S(C)(=O)=O)c(OC)c1. The molecular weight excluding hydrogens is 538 g/mol. The second kappa shape index (κ2) is 12.3. The van der Waals surface area contributed by atoms with Crippen molar-refractivity contribution in [2.75, 3.05) is 31.3 Å². The third kappa shape index (κ3) is 7.86. The summed E-state index contributed by atoms with van der Waals surface area (Å²) in [6, 6.07) is 11.0. The summed E-state index contributed by atoms with van der Waals surface area (Å²) < 4.78 is 37.9. The van der Waals surface area contributed by atoms with E-state index in [4.69, 9.17) is 9.47 Å². The summed E-state index contributed by atoms with van der Waals surface area (Å²) in [7, 11) is -1.00. The van der Waals surface area contributed by atoms with Crippen molar-refractivity contribution in [3.8, 4) is 11.5 Å². The summed E-state index contributed by atoms with van der Waals surface area (Å²) in [5, 5.41) is 2.81. The fourth-order valence-corrected chi connectivity index (χ4v) is 4.48. The zero-order valence-corrected chi connectivity index (χ0v) is 23.1. The zero-order valence-electron chi connectivity index (χ0n) is 20.7. The van der Waals surface area contributed by atoms with Crippen LogP contribution < -0.4 is 19.1 Å². The summed E-state index contributed by atoms with van der Waals surface area (Å²) in [6.45, 7) is 4.88. The first-order chi connectivity index (χ1) is 16.4. The van der Waals surface area contributed by atoms with E-state index in [9.17, 15) is 18.0 Å². The Kier molecular flexibility index (Phi) is 9.96. The van der Waals surface area contributed by atoms with Crippen LogP contribution in [0.3, 0.4) is 0 Å². The molecule has 0 aromatic heterocycles. The number of hydrogen-bond acceptors (Lipinski definition) is 6. The minimum absolute atomic E-state index is 0.120. The van der Waals surface area contributed by atoms with Gasteiger partial charge in [0.25, 0.3) is 0 Å². The van der Waals surface area contributed by atoms with Crippen LogP contribution in [-0.2, 0) is 26.2 Å². The van der Waals surface area contributed by atoms with Crippen LogP contribution in [0, 0.1) is 0 Å². The maximum Gasteiger partial charge on any atom is 0.244 e. The van der Waals surface area contributed by atoms with Gasteiger partial charge in [-0.3, -0.25) is 13.9 Å². The van der Waals surface area contributed by atoms with Crippen LogP contribution in [0.5, 0.6) is 11.5 Å². The summed E-state index contributed by atoms with van der Waals surface area (Å²) in [5.41, 5.74) is 0.978. The molecule has 9 nitrogen and oxygen atoms in total. The smallest absolute Gasteiger partial charge is 0.244 e. The Morgan fingerprint density at radius 2 is 1.66 bits per heavy atom. The summed E-state index contributed by atoms with van der Waals surface area (Å²) >= 11 is 3.39. The van der Waals surface area contributed by atoms with E-state index in [1.807, 2.05) is 38.1 Å². The zero-order chi connectivity index (χ0) is 26.3. The largest absolute Gasteiger partial charge is 0.497 e. The molecular formula is C24H32BrN3O6S. The molecule has 0 bridgehead atoms. The molecule has 0 aliphatic heterocycles. The van der Waals surface area contributed by atoms with Crippen molar-refractivity contribution in [3.05, 3.63) is 52.5 Å². The third-order valence-corrected chi connectivity index (χ3v) is 6.85. The van der Waals surface area contributed by atoms with Crippen molar-refractivity contribution < 1.29 is 27.5 Å². The number of methoxy groups -OCH3 is 2. The van der Waals surface area contributed by atoms with Gasteiger partial charge in [0, 0.05) is 23.1 Å². The lowest BCUT2D eigenvalue weighted by Crippen LogP contribution is -2.52. The van der Waals surface area contributed by atoms with Gasteiger partial charge < -0.3 is 19.7 Å². The maximum atomic E-state index is 13.6. The Balaban J connectivity index is 2.45. The van der Waals surface area contributed by atoms with Crippen LogP contribution >= 0.6 is 15.9 Å². The van der Waals surface area contributed by atoms with Crippen molar-refractivity contribution in [2.45, 2.75) is 39.4 Å². The van der Waals surface area contributed by atoms with E-state index in [0.29, 0.717) is 5.75 Å². The molecule has 1 atom stereocenters. The van der Waals surface area contributed by atoms with Crippen LogP contribution in [0.4, 0.5) is 5.69 Å². The number of hydrogen-bond donors (Lipinski definition) is 1. The van der Waals surface area contributed by atoms with Gasteiger partial charge in [-0.05, 0) is 50.6 Å². The molecule has 0 fully saturated rings.